The first-order valence-electron chi connectivity index (χ1n) is 5.93. The van der Waals surface area contributed by atoms with E-state index in [0.29, 0.717) is 16.7 Å². The van der Waals surface area contributed by atoms with Gasteiger partial charge in [-0.15, -0.1) is 0 Å². The van der Waals surface area contributed by atoms with E-state index in [4.69, 9.17) is 27.9 Å². The lowest BCUT2D eigenvalue weighted by Gasteiger charge is -2.16. The molecule has 0 bridgehead atoms. The summed E-state index contributed by atoms with van der Waals surface area (Å²) in [5.41, 5.74) is 1.00. The monoisotopic (exact) mass is 296 g/mol. The van der Waals surface area contributed by atoms with Gasteiger partial charge >= 0.3 is 0 Å². The van der Waals surface area contributed by atoms with Crippen LogP contribution in [0, 0.1) is 0 Å². The van der Waals surface area contributed by atoms with E-state index in [-0.39, 0.29) is 12.5 Å². The SMILES string of the molecule is OC[C@@H](COc1ccc(Cl)cc1)c1ccc(Cl)cc1. The molecule has 0 radical (unpaired) electrons. The third-order valence-electron chi connectivity index (χ3n) is 2.83. The van der Waals surface area contributed by atoms with Crippen molar-refractivity contribution in [1.82, 2.24) is 0 Å². The molecule has 1 atom stereocenters. The number of aliphatic hydroxyl groups is 1. The van der Waals surface area contributed by atoms with Crippen molar-refractivity contribution in [3.63, 3.8) is 0 Å². The van der Waals surface area contributed by atoms with Crippen molar-refractivity contribution < 1.29 is 9.84 Å². The third-order valence-corrected chi connectivity index (χ3v) is 3.33. The van der Waals surface area contributed by atoms with Crippen molar-refractivity contribution in [2.45, 2.75) is 5.92 Å². The summed E-state index contributed by atoms with van der Waals surface area (Å²) < 4.78 is 5.65. The second kappa shape index (κ2) is 6.80. The first-order chi connectivity index (χ1) is 9.19. The minimum Gasteiger partial charge on any atom is -0.493 e. The molecule has 0 aromatic heterocycles. The third kappa shape index (κ3) is 4.13. The fourth-order valence-electron chi connectivity index (χ4n) is 1.72. The van der Waals surface area contributed by atoms with Crippen molar-refractivity contribution >= 4 is 23.2 Å². The highest BCUT2D eigenvalue weighted by Crippen LogP contribution is 2.21. The Balaban J connectivity index is 1.99. The first kappa shape index (κ1) is 14.2. The van der Waals surface area contributed by atoms with Crippen LogP contribution in [0.4, 0.5) is 0 Å². The maximum absolute atomic E-state index is 9.44. The Hall–Kier alpha value is -1.22. The van der Waals surface area contributed by atoms with Crippen LogP contribution in [0.1, 0.15) is 11.5 Å². The topological polar surface area (TPSA) is 29.5 Å². The Morgan fingerprint density at radius 3 is 1.95 bits per heavy atom. The van der Waals surface area contributed by atoms with E-state index in [1.165, 1.54) is 0 Å². The fourth-order valence-corrected chi connectivity index (χ4v) is 1.97. The zero-order valence-corrected chi connectivity index (χ0v) is 11.7. The number of hydrogen-bond donors (Lipinski definition) is 1. The second-order valence-corrected chi connectivity index (χ2v) is 5.07. The Labute approximate surface area is 122 Å². The number of hydrogen-bond acceptors (Lipinski definition) is 2. The number of aliphatic hydroxyl groups excluding tert-OH is 1. The van der Waals surface area contributed by atoms with E-state index in [2.05, 4.69) is 0 Å². The van der Waals surface area contributed by atoms with Crippen molar-refractivity contribution in [3.8, 4) is 5.75 Å². The molecule has 0 unspecified atom stereocenters. The molecule has 2 rings (SSSR count). The Bertz CT molecular complexity index is 509. The number of halogens is 2. The molecule has 0 heterocycles. The largest absolute Gasteiger partial charge is 0.493 e. The highest BCUT2D eigenvalue weighted by atomic mass is 35.5. The van der Waals surface area contributed by atoms with Gasteiger partial charge in [0.05, 0.1) is 13.2 Å². The van der Waals surface area contributed by atoms with Crippen LogP contribution in [-0.4, -0.2) is 18.3 Å². The van der Waals surface area contributed by atoms with Crippen LogP contribution >= 0.6 is 23.2 Å². The van der Waals surface area contributed by atoms with Gasteiger partial charge in [-0.05, 0) is 42.0 Å². The highest BCUT2D eigenvalue weighted by Gasteiger charge is 2.11. The van der Waals surface area contributed by atoms with Gasteiger partial charge in [0.1, 0.15) is 5.75 Å². The summed E-state index contributed by atoms with van der Waals surface area (Å²) in [6.45, 7) is 0.426. The molecule has 0 saturated heterocycles. The molecule has 0 aliphatic carbocycles. The van der Waals surface area contributed by atoms with Crippen molar-refractivity contribution in [2.24, 2.45) is 0 Å². The lowest BCUT2D eigenvalue weighted by atomic mass is 10.0. The van der Waals surface area contributed by atoms with Gasteiger partial charge in [-0.2, -0.15) is 0 Å². The Morgan fingerprint density at radius 2 is 1.42 bits per heavy atom. The fraction of sp³-hybridized carbons (Fsp3) is 0.200. The van der Waals surface area contributed by atoms with E-state index < -0.39 is 0 Å². The van der Waals surface area contributed by atoms with Crippen LogP contribution in [0.25, 0.3) is 0 Å². The molecule has 19 heavy (non-hydrogen) atoms. The van der Waals surface area contributed by atoms with E-state index >= 15 is 0 Å². The molecule has 0 aliphatic heterocycles. The van der Waals surface area contributed by atoms with Crippen LogP contribution in [0.15, 0.2) is 48.5 Å². The van der Waals surface area contributed by atoms with Crippen molar-refractivity contribution in [1.29, 1.82) is 0 Å². The van der Waals surface area contributed by atoms with Gasteiger partial charge in [0.15, 0.2) is 0 Å². The van der Waals surface area contributed by atoms with Crippen LogP contribution in [0.3, 0.4) is 0 Å². The molecule has 2 aromatic carbocycles. The molecule has 2 aromatic rings. The second-order valence-electron chi connectivity index (χ2n) is 4.20. The van der Waals surface area contributed by atoms with Gasteiger partial charge in [0.25, 0.3) is 0 Å². The minimum absolute atomic E-state index is 0.0230. The number of benzene rings is 2. The molecular formula is C15H14Cl2O2. The van der Waals surface area contributed by atoms with Crippen molar-refractivity contribution in [3.05, 3.63) is 64.1 Å². The standard InChI is InChI=1S/C15H14Cl2O2/c16-13-3-1-11(2-4-13)12(9-18)10-19-15-7-5-14(17)6-8-15/h1-8,12,18H,9-10H2/t12-/m0/s1. The molecular weight excluding hydrogens is 283 g/mol. The predicted molar refractivity (Wildman–Crippen MR) is 78.2 cm³/mol. The maximum Gasteiger partial charge on any atom is 0.119 e. The average molecular weight is 297 g/mol. The smallest absolute Gasteiger partial charge is 0.119 e. The molecule has 100 valence electrons. The van der Waals surface area contributed by atoms with Crippen LogP contribution in [-0.2, 0) is 0 Å². The number of rotatable bonds is 5. The highest BCUT2D eigenvalue weighted by molar-refractivity contribution is 6.30. The lowest BCUT2D eigenvalue weighted by Crippen LogP contribution is -2.14. The van der Waals surface area contributed by atoms with E-state index in [1.807, 2.05) is 24.3 Å². The summed E-state index contributed by atoms with van der Waals surface area (Å²) >= 11 is 11.6. The normalized spacial score (nSPS) is 12.2. The van der Waals surface area contributed by atoms with Gasteiger partial charge < -0.3 is 9.84 Å². The zero-order chi connectivity index (χ0) is 13.7. The molecule has 1 N–H and O–H groups in total. The molecule has 0 aliphatic rings. The Morgan fingerprint density at radius 1 is 0.895 bits per heavy atom. The molecule has 0 saturated carbocycles. The molecule has 4 heteroatoms. The predicted octanol–water partition coefficient (Wildman–Crippen LogP) is 4.15. The summed E-state index contributed by atoms with van der Waals surface area (Å²) in [5, 5.41) is 10.8. The first-order valence-corrected chi connectivity index (χ1v) is 6.69. The average Bonchev–Trinajstić information content (AvgIpc) is 2.43. The van der Waals surface area contributed by atoms with Gasteiger partial charge in [-0.25, -0.2) is 0 Å². The molecule has 0 amide bonds. The lowest BCUT2D eigenvalue weighted by molar-refractivity contribution is 0.205. The summed E-state index contributed by atoms with van der Waals surface area (Å²) in [6, 6.07) is 14.6. The summed E-state index contributed by atoms with van der Waals surface area (Å²) in [5.74, 6) is 0.657. The van der Waals surface area contributed by atoms with Crippen LogP contribution < -0.4 is 4.74 Å². The van der Waals surface area contributed by atoms with Crippen molar-refractivity contribution in [2.75, 3.05) is 13.2 Å². The maximum atomic E-state index is 9.44. The molecule has 2 nitrogen and oxygen atoms in total. The summed E-state index contributed by atoms with van der Waals surface area (Å²) in [6.07, 6.45) is 0. The minimum atomic E-state index is -0.0760. The van der Waals surface area contributed by atoms with E-state index in [1.54, 1.807) is 24.3 Å². The summed E-state index contributed by atoms with van der Waals surface area (Å²) in [7, 11) is 0. The van der Waals surface area contributed by atoms with Gasteiger partial charge in [-0.3, -0.25) is 0 Å². The number of ether oxygens (including phenoxy) is 1. The van der Waals surface area contributed by atoms with Crippen LogP contribution in [0.5, 0.6) is 5.75 Å². The molecule has 0 spiro atoms. The molecule has 0 fully saturated rings. The van der Waals surface area contributed by atoms with Crippen LogP contribution in [0.2, 0.25) is 10.0 Å². The van der Waals surface area contributed by atoms with E-state index in [9.17, 15) is 5.11 Å². The Kier molecular flexibility index (Phi) is 5.08. The zero-order valence-electron chi connectivity index (χ0n) is 10.2. The van der Waals surface area contributed by atoms with E-state index in [0.717, 1.165) is 11.3 Å². The van der Waals surface area contributed by atoms with Gasteiger partial charge in [0, 0.05) is 16.0 Å². The summed E-state index contributed by atoms with van der Waals surface area (Å²) in [4.78, 5) is 0. The van der Waals surface area contributed by atoms with Gasteiger partial charge in [-0.1, -0.05) is 35.3 Å². The quantitative estimate of drug-likeness (QED) is 0.898. The van der Waals surface area contributed by atoms with Gasteiger partial charge in [0.2, 0.25) is 0 Å².